The first-order valence-electron chi connectivity index (χ1n) is 7.44. The maximum Gasteiger partial charge on any atom is 0.229 e. The predicted molar refractivity (Wildman–Crippen MR) is 78.8 cm³/mol. The van der Waals surface area contributed by atoms with Crippen LogP contribution in [0.5, 0.6) is 0 Å². The molecule has 5 heteroatoms. The van der Waals surface area contributed by atoms with Crippen molar-refractivity contribution in [3.8, 4) is 0 Å². The molecule has 112 valence electrons. The van der Waals surface area contributed by atoms with Crippen LogP contribution in [0.2, 0.25) is 0 Å². The van der Waals surface area contributed by atoms with Gasteiger partial charge in [-0.3, -0.25) is 4.90 Å². The van der Waals surface area contributed by atoms with Crippen molar-refractivity contribution in [2.24, 2.45) is 0 Å². The highest BCUT2D eigenvalue weighted by molar-refractivity contribution is 5.14. The summed E-state index contributed by atoms with van der Waals surface area (Å²) in [6.07, 6.45) is -0.0984. The van der Waals surface area contributed by atoms with Gasteiger partial charge in [0.25, 0.3) is 0 Å². The maximum absolute atomic E-state index is 5.80. The summed E-state index contributed by atoms with van der Waals surface area (Å²) in [4.78, 5) is 6.82. The molecule has 0 aliphatic carbocycles. The summed E-state index contributed by atoms with van der Waals surface area (Å²) < 4.78 is 11.1. The fraction of sp³-hybridized carbons (Fsp3) is 0.500. The van der Waals surface area contributed by atoms with Gasteiger partial charge in [0, 0.05) is 25.6 Å². The minimum absolute atomic E-state index is 0.0984. The Balaban J connectivity index is 1.65. The zero-order valence-electron chi connectivity index (χ0n) is 12.5. The molecule has 21 heavy (non-hydrogen) atoms. The van der Waals surface area contributed by atoms with Crippen molar-refractivity contribution in [2.45, 2.75) is 32.4 Å². The minimum Gasteiger partial charge on any atom is -0.367 e. The highest BCUT2D eigenvalue weighted by atomic mass is 16.5. The van der Waals surface area contributed by atoms with E-state index in [0.717, 1.165) is 19.6 Å². The molecule has 1 aliphatic heterocycles. The van der Waals surface area contributed by atoms with E-state index in [9.17, 15) is 0 Å². The van der Waals surface area contributed by atoms with Crippen molar-refractivity contribution in [1.82, 2.24) is 15.0 Å². The van der Waals surface area contributed by atoms with Gasteiger partial charge in [-0.25, -0.2) is 0 Å². The topological polar surface area (TPSA) is 51.4 Å². The van der Waals surface area contributed by atoms with E-state index < -0.39 is 0 Å². The molecule has 0 N–H and O–H groups in total. The zero-order valence-corrected chi connectivity index (χ0v) is 12.5. The summed E-state index contributed by atoms with van der Waals surface area (Å²) >= 11 is 0. The van der Waals surface area contributed by atoms with Crippen LogP contribution < -0.4 is 0 Å². The van der Waals surface area contributed by atoms with E-state index in [2.05, 4.69) is 39.3 Å². The zero-order chi connectivity index (χ0) is 14.7. The van der Waals surface area contributed by atoms with Crippen LogP contribution in [0.25, 0.3) is 0 Å². The average Bonchev–Trinajstić information content (AvgIpc) is 2.99. The van der Waals surface area contributed by atoms with Gasteiger partial charge < -0.3 is 9.26 Å². The molecule has 1 aromatic heterocycles. The summed E-state index contributed by atoms with van der Waals surface area (Å²) in [7, 11) is 0. The van der Waals surface area contributed by atoms with Crippen LogP contribution in [-0.2, 0) is 11.3 Å². The molecular formula is C16H21N3O2. The van der Waals surface area contributed by atoms with E-state index in [-0.39, 0.29) is 12.0 Å². The Morgan fingerprint density at radius 3 is 2.81 bits per heavy atom. The number of aromatic nitrogens is 2. The molecule has 0 radical (unpaired) electrons. The standard InChI is InChI=1S/C16H21N3O2/c1-12(2)16-17-15(18-21-16)14-11-19(8-9-20-14)10-13-6-4-3-5-7-13/h3-7,12,14H,8-11H2,1-2H3/t14-/m1/s1. The van der Waals surface area contributed by atoms with Gasteiger partial charge in [-0.15, -0.1) is 0 Å². The van der Waals surface area contributed by atoms with Crippen LogP contribution in [0, 0.1) is 0 Å². The average molecular weight is 287 g/mol. The van der Waals surface area contributed by atoms with Crippen LogP contribution in [0.3, 0.4) is 0 Å². The first kappa shape index (κ1) is 14.2. The van der Waals surface area contributed by atoms with E-state index in [1.165, 1.54) is 5.56 Å². The summed E-state index contributed by atoms with van der Waals surface area (Å²) in [6, 6.07) is 10.5. The van der Waals surface area contributed by atoms with Crippen molar-refractivity contribution in [3.63, 3.8) is 0 Å². The van der Waals surface area contributed by atoms with Gasteiger partial charge in [0.2, 0.25) is 11.7 Å². The Labute approximate surface area is 124 Å². The molecule has 0 unspecified atom stereocenters. The quantitative estimate of drug-likeness (QED) is 0.865. The van der Waals surface area contributed by atoms with E-state index >= 15 is 0 Å². The van der Waals surface area contributed by atoms with Gasteiger partial charge in [0.15, 0.2) is 0 Å². The first-order valence-corrected chi connectivity index (χ1v) is 7.44. The lowest BCUT2D eigenvalue weighted by atomic mass is 10.2. The molecule has 0 bridgehead atoms. The molecule has 2 aromatic rings. The summed E-state index contributed by atoms with van der Waals surface area (Å²) in [6.45, 7) is 7.44. The number of nitrogens with zero attached hydrogens (tertiary/aromatic N) is 3. The third-order valence-electron chi connectivity index (χ3n) is 3.64. The molecular weight excluding hydrogens is 266 g/mol. The molecule has 3 rings (SSSR count). The van der Waals surface area contributed by atoms with Crippen molar-refractivity contribution in [3.05, 3.63) is 47.6 Å². The number of hydrogen-bond acceptors (Lipinski definition) is 5. The summed E-state index contributed by atoms with van der Waals surface area (Å²) in [5.74, 6) is 1.58. The second kappa shape index (κ2) is 6.37. The first-order chi connectivity index (χ1) is 10.2. The molecule has 1 aromatic carbocycles. The van der Waals surface area contributed by atoms with Crippen LogP contribution in [0.4, 0.5) is 0 Å². The van der Waals surface area contributed by atoms with Crippen molar-refractivity contribution < 1.29 is 9.26 Å². The normalized spacial score (nSPS) is 20.0. The Morgan fingerprint density at radius 2 is 2.10 bits per heavy atom. The number of rotatable bonds is 4. The minimum atomic E-state index is -0.0984. The summed E-state index contributed by atoms with van der Waals surface area (Å²) in [5.41, 5.74) is 1.31. The van der Waals surface area contributed by atoms with Gasteiger partial charge in [0.05, 0.1) is 6.61 Å². The van der Waals surface area contributed by atoms with Crippen molar-refractivity contribution >= 4 is 0 Å². The van der Waals surface area contributed by atoms with Gasteiger partial charge in [-0.2, -0.15) is 4.98 Å². The lowest BCUT2D eigenvalue weighted by Gasteiger charge is -2.31. The molecule has 0 amide bonds. The molecule has 1 saturated heterocycles. The number of hydrogen-bond donors (Lipinski definition) is 0. The number of benzene rings is 1. The molecule has 5 nitrogen and oxygen atoms in total. The lowest BCUT2D eigenvalue weighted by Crippen LogP contribution is -2.38. The second-order valence-corrected chi connectivity index (χ2v) is 5.73. The lowest BCUT2D eigenvalue weighted by molar-refractivity contribution is -0.0380. The smallest absolute Gasteiger partial charge is 0.229 e. The monoisotopic (exact) mass is 287 g/mol. The predicted octanol–water partition coefficient (Wildman–Crippen LogP) is 2.77. The van der Waals surface area contributed by atoms with Gasteiger partial charge in [0.1, 0.15) is 6.10 Å². The Hall–Kier alpha value is -1.72. The number of ether oxygens (including phenoxy) is 1. The van der Waals surface area contributed by atoms with Crippen LogP contribution in [-0.4, -0.2) is 34.7 Å². The highest BCUT2D eigenvalue weighted by Crippen LogP contribution is 2.22. The SMILES string of the molecule is CC(C)c1nc([C@H]2CN(Cc3ccccc3)CCO2)no1. The molecule has 1 aliphatic rings. The third-order valence-corrected chi connectivity index (χ3v) is 3.64. The van der Waals surface area contributed by atoms with E-state index in [0.29, 0.717) is 18.3 Å². The molecule has 0 spiro atoms. The fourth-order valence-corrected chi connectivity index (χ4v) is 2.46. The van der Waals surface area contributed by atoms with E-state index in [1.807, 2.05) is 19.9 Å². The largest absolute Gasteiger partial charge is 0.367 e. The highest BCUT2D eigenvalue weighted by Gasteiger charge is 2.26. The van der Waals surface area contributed by atoms with Crippen molar-refractivity contribution in [1.29, 1.82) is 0 Å². The Kier molecular flexibility index (Phi) is 4.31. The third kappa shape index (κ3) is 3.49. The fourth-order valence-electron chi connectivity index (χ4n) is 2.46. The maximum atomic E-state index is 5.80. The summed E-state index contributed by atoms with van der Waals surface area (Å²) in [5, 5.41) is 4.06. The van der Waals surface area contributed by atoms with Gasteiger partial charge >= 0.3 is 0 Å². The van der Waals surface area contributed by atoms with Crippen LogP contribution >= 0.6 is 0 Å². The van der Waals surface area contributed by atoms with Gasteiger partial charge in [-0.05, 0) is 5.56 Å². The van der Waals surface area contributed by atoms with E-state index in [4.69, 9.17) is 9.26 Å². The van der Waals surface area contributed by atoms with Gasteiger partial charge in [-0.1, -0.05) is 49.3 Å². The number of morpholine rings is 1. The molecule has 2 heterocycles. The Morgan fingerprint density at radius 1 is 1.29 bits per heavy atom. The van der Waals surface area contributed by atoms with Crippen LogP contribution in [0.1, 0.15) is 43.1 Å². The van der Waals surface area contributed by atoms with E-state index in [1.54, 1.807) is 0 Å². The molecule has 1 atom stereocenters. The van der Waals surface area contributed by atoms with Crippen molar-refractivity contribution in [2.75, 3.05) is 19.7 Å². The second-order valence-electron chi connectivity index (χ2n) is 5.73. The molecule has 0 saturated carbocycles. The van der Waals surface area contributed by atoms with Crippen LogP contribution in [0.15, 0.2) is 34.9 Å². The molecule has 1 fully saturated rings. The Bertz CT molecular complexity index is 568.